The van der Waals surface area contributed by atoms with Gasteiger partial charge in [0.2, 0.25) is 0 Å². The van der Waals surface area contributed by atoms with E-state index in [9.17, 15) is 14.7 Å². The van der Waals surface area contributed by atoms with Crippen molar-refractivity contribution in [2.75, 3.05) is 6.61 Å². The summed E-state index contributed by atoms with van der Waals surface area (Å²) in [4.78, 5) is 24.3. The summed E-state index contributed by atoms with van der Waals surface area (Å²) in [6, 6.07) is 0. The van der Waals surface area contributed by atoms with Crippen molar-refractivity contribution in [2.24, 2.45) is 5.92 Å². The number of esters is 2. The van der Waals surface area contributed by atoms with Gasteiger partial charge in [-0.3, -0.25) is 0 Å². The van der Waals surface area contributed by atoms with Crippen LogP contribution in [0.15, 0.2) is 36.0 Å². The molecule has 0 aromatic carbocycles. The summed E-state index contributed by atoms with van der Waals surface area (Å²) in [6.45, 7) is 9.24. The van der Waals surface area contributed by atoms with Crippen molar-refractivity contribution in [1.29, 1.82) is 0 Å². The lowest BCUT2D eigenvalue weighted by Crippen LogP contribution is -2.45. The van der Waals surface area contributed by atoms with Crippen LogP contribution in [0.5, 0.6) is 0 Å². The first-order chi connectivity index (χ1) is 12.3. The maximum Gasteiger partial charge on any atom is 0.334 e. The number of rotatable bonds is 2. The molecule has 6 atom stereocenters. The fourth-order valence-electron chi connectivity index (χ4n) is 4.09. The van der Waals surface area contributed by atoms with Gasteiger partial charge in [-0.15, -0.1) is 0 Å². The Morgan fingerprint density at radius 2 is 2.23 bits per heavy atom. The average molecular weight is 362 g/mol. The Bertz CT molecular complexity index is 723. The van der Waals surface area contributed by atoms with E-state index in [0.717, 1.165) is 18.4 Å². The Hall–Kier alpha value is -1.96. The molecule has 0 saturated carbocycles. The van der Waals surface area contributed by atoms with Gasteiger partial charge in [-0.1, -0.05) is 13.2 Å². The Kier molecular flexibility index (Phi) is 4.06. The van der Waals surface area contributed by atoms with Crippen LogP contribution < -0.4 is 0 Å². The number of hydrogen-bond donors (Lipinski definition) is 1. The van der Waals surface area contributed by atoms with Gasteiger partial charge in [0.15, 0.2) is 6.29 Å². The van der Waals surface area contributed by atoms with E-state index in [1.807, 2.05) is 6.08 Å². The molecule has 7 heteroatoms. The summed E-state index contributed by atoms with van der Waals surface area (Å²) in [6.07, 6.45) is 0.815. The minimum atomic E-state index is -1.13. The monoisotopic (exact) mass is 362 g/mol. The first-order valence-corrected chi connectivity index (χ1v) is 8.75. The minimum absolute atomic E-state index is 0.185. The van der Waals surface area contributed by atoms with E-state index in [1.54, 1.807) is 6.92 Å². The van der Waals surface area contributed by atoms with Crippen LogP contribution in [0.2, 0.25) is 0 Å². The van der Waals surface area contributed by atoms with Gasteiger partial charge in [0, 0.05) is 17.6 Å². The highest BCUT2D eigenvalue weighted by molar-refractivity contribution is 5.91. The van der Waals surface area contributed by atoms with Crippen LogP contribution in [0.1, 0.15) is 26.2 Å². The lowest BCUT2D eigenvalue weighted by molar-refractivity contribution is -0.163. The summed E-state index contributed by atoms with van der Waals surface area (Å²) < 4.78 is 22.5. The van der Waals surface area contributed by atoms with E-state index >= 15 is 0 Å². The van der Waals surface area contributed by atoms with Gasteiger partial charge < -0.3 is 24.1 Å². The maximum absolute atomic E-state index is 12.2. The summed E-state index contributed by atoms with van der Waals surface area (Å²) in [7, 11) is 0. The molecule has 140 valence electrons. The van der Waals surface area contributed by atoms with Crippen LogP contribution in [-0.2, 0) is 28.5 Å². The van der Waals surface area contributed by atoms with Crippen LogP contribution in [0.4, 0.5) is 0 Å². The number of aliphatic hydroxyl groups excluding tert-OH is 1. The van der Waals surface area contributed by atoms with Crippen molar-refractivity contribution in [3.05, 3.63) is 36.0 Å². The lowest BCUT2D eigenvalue weighted by atomic mass is 9.81. The smallest absolute Gasteiger partial charge is 0.334 e. The Balaban J connectivity index is 1.76. The molecule has 3 fully saturated rings. The first-order valence-electron chi connectivity index (χ1n) is 8.75. The predicted molar refractivity (Wildman–Crippen MR) is 88.7 cm³/mol. The molecule has 0 aromatic heterocycles. The van der Waals surface area contributed by atoms with E-state index in [-0.39, 0.29) is 30.3 Å². The average Bonchev–Trinajstić information content (AvgIpc) is 3.20. The number of carbonyl (C=O) groups excluding carboxylic acids is 2. The largest absolute Gasteiger partial charge is 0.458 e. The molecular weight excluding hydrogens is 340 g/mol. The number of hydrogen-bond acceptors (Lipinski definition) is 7. The van der Waals surface area contributed by atoms with Gasteiger partial charge in [-0.25, -0.2) is 9.59 Å². The van der Waals surface area contributed by atoms with Crippen LogP contribution in [0.3, 0.4) is 0 Å². The highest BCUT2D eigenvalue weighted by Crippen LogP contribution is 2.51. The SMILES string of the molecule is C=C(C)C(=O)O[C@H]1C[C@@]23O[C@@H]2CC/C(=C/[C@@H]2OC(=O)C(=C)[C@@H]21)CO[C@H]3O. The molecule has 1 N–H and O–H groups in total. The fraction of sp³-hybridized carbons (Fsp3) is 0.579. The van der Waals surface area contributed by atoms with Crippen molar-refractivity contribution in [3.63, 3.8) is 0 Å². The molecule has 1 spiro atoms. The second kappa shape index (κ2) is 6.04. The van der Waals surface area contributed by atoms with Gasteiger partial charge in [-0.05, 0) is 31.4 Å². The van der Waals surface area contributed by atoms with E-state index in [0.29, 0.717) is 0 Å². The van der Waals surface area contributed by atoms with Crippen molar-refractivity contribution in [3.8, 4) is 0 Å². The lowest BCUT2D eigenvalue weighted by Gasteiger charge is -2.33. The van der Waals surface area contributed by atoms with E-state index in [1.165, 1.54) is 0 Å². The molecule has 0 amide bonds. The summed E-state index contributed by atoms with van der Waals surface area (Å²) >= 11 is 0. The fourth-order valence-corrected chi connectivity index (χ4v) is 4.09. The highest BCUT2D eigenvalue weighted by Gasteiger charge is 2.65. The zero-order valence-corrected chi connectivity index (χ0v) is 14.6. The van der Waals surface area contributed by atoms with Gasteiger partial charge in [0.1, 0.15) is 17.8 Å². The number of fused-ring (bicyclic) bond motifs is 4. The molecule has 5 aliphatic rings. The van der Waals surface area contributed by atoms with Gasteiger partial charge in [-0.2, -0.15) is 0 Å². The second-order valence-electron chi connectivity index (χ2n) is 7.44. The Morgan fingerprint density at radius 1 is 1.46 bits per heavy atom. The van der Waals surface area contributed by atoms with E-state index < -0.39 is 42.0 Å². The second-order valence-corrected chi connectivity index (χ2v) is 7.44. The Morgan fingerprint density at radius 3 is 2.96 bits per heavy atom. The molecule has 0 unspecified atom stereocenters. The van der Waals surface area contributed by atoms with Crippen molar-refractivity contribution < 1.29 is 33.6 Å². The number of carbonyl (C=O) groups is 2. The Labute approximate surface area is 151 Å². The van der Waals surface area contributed by atoms with Gasteiger partial charge in [0.25, 0.3) is 0 Å². The molecule has 4 heterocycles. The van der Waals surface area contributed by atoms with E-state index in [4.69, 9.17) is 18.9 Å². The normalized spacial score (nSPS) is 43.3. The third-order valence-electron chi connectivity index (χ3n) is 5.61. The number of aliphatic hydroxyl groups is 1. The van der Waals surface area contributed by atoms with Crippen LogP contribution in [-0.4, -0.2) is 53.9 Å². The standard InChI is InChI=1S/C19H22O7/c1-9(2)16(20)25-13-7-19-14(26-19)5-4-11(8-23-18(19)22)6-12-15(13)10(3)17(21)24-12/h6,12-15,18,22H,1,3-5,7-8H2,2H3/b11-6-/t12-,13-,14+,15-,18+,19+/m0/s1. The zero-order valence-electron chi connectivity index (χ0n) is 14.6. The predicted octanol–water partition coefficient (Wildman–Crippen LogP) is 1.17. The molecule has 2 bridgehead atoms. The van der Waals surface area contributed by atoms with Crippen molar-refractivity contribution in [1.82, 2.24) is 0 Å². The quantitative estimate of drug-likeness (QED) is 0.341. The summed E-state index contributed by atoms with van der Waals surface area (Å²) in [5.41, 5.74) is 0.475. The molecular formula is C19H22O7. The van der Waals surface area contributed by atoms with Crippen molar-refractivity contribution in [2.45, 2.75) is 56.4 Å². The van der Waals surface area contributed by atoms with Crippen molar-refractivity contribution >= 4 is 11.9 Å². The summed E-state index contributed by atoms with van der Waals surface area (Å²) in [5, 5.41) is 10.5. The number of epoxide rings is 1. The zero-order chi connectivity index (χ0) is 18.6. The molecule has 0 aromatic rings. The molecule has 0 radical (unpaired) electrons. The molecule has 7 nitrogen and oxygen atoms in total. The number of ether oxygens (including phenoxy) is 4. The molecule has 3 saturated heterocycles. The molecule has 5 rings (SSSR count). The molecule has 26 heavy (non-hydrogen) atoms. The topological polar surface area (TPSA) is 94.6 Å². The highest BCUT2D eigenvalue weighted by atomic mass is 16.7. The van der Waals surface area contributed by atoms with Gasteiger partial charge in [0.05, 0.1) is 18.6 Å². The van der Waals surface area contributed by atoms with E-state index in [2.05, 4.69) is 13.2 Å². The van der Waals surface area contributed by atoms with Crippen LogP contribution in [0, 0.1) is 5.92 Å². The van der Waals surface area contributed by atoms with Crippen LogP contribution in [0.25, 0.3) is 0 Å². The van der Waals surface area contributed by atoms with Crippen LogP contribution >= 0.6 is 0 Å². The first kappa shape index (κ1) is 17.5. The summed E-state index contributed by atoms with van der Waals surface area (Å²) in [5.74, 6) is -1.61. The maximum atomic E-state index is 12.2. The third kappa shape index (κ3) is 2.71. The van der Waals surface area contributed by atoms with Gasteiger partial charge >= 0.3 is 11.9 Å². The molecule has 4 aliphatic heterocycles. The third-order valence-corrected chi connectivity index (χ3v) is 5.61. The minimum Gasteiger partial charge on any atom is -0.458 e. The molecule has 1 aliphatic carbocycles.